The highest BCUT2D eigenvalue weighted by atomic mass is 32.2. The molecule has 9 nitrogen and oxygen atoms in total. The molecule has 0 radical (unpaired) electrons. The van der Waals surface area contributed by atoms with Gasteiger partial charge in [-0.2, -0.15) is 13.2 Å². The Morgan fingerprint density at radius 1 is 1.04 bits per heavy atom. The van der Waals surface area contributed by atoms with Gasteiger partial charge in [0.2, 0.25) is 0 Å². The number of fused-ring (bicyclic) bond motifs is 1. The van der Waals surface area contributed by atoms with E-state index in [1.165, 1.54) is 30.3 Å². The van der Waals surface area contributed by atoms with Gasteiger partial charge in [-0.3, -0.25) is 14.4 Å². The number of alkyl halides is 3. The fourth-order valence-electron chi connectivity index (χ4n) is 5.86. The molecule has 0 fully saturated rings. The number of carbonyl (C=O) groups is 1. The van der Waals surface area contributed by atoms with Crippen molar-refractivity contribution in [2.45, 2.75) is 82.8 Å². The Bertz CT molecular complexity index is 1670. The Hall–Kier alpha value is -3.65. The molecule has 4 atom stereocenters. The molecule has 1 amide bonds. The minimum Gasteiger partial charge on any atom is -0.490 e. The summed E-state index contributed by atoms with van der Waals surface area (Å²) in [6.45, 7) is 8.65. The van der Waals surface area contributed by atoms with Crippen LogP contribution in [0, 0.1) is 12.8 Å². The van der Waals surface area contributed by atoms with Crippen molar-refractivity contribution in [3.8, 4) is 5.75 Å². The van der Waals surface area contributed by atoms with Crippen LogP contribution >= 0.6 is 0 Å². The van der Waals surface area contributed by atoms with Gasteiger partial charge in [0.1, 0.15) is 5.75 Å². The number of nitrogens with zero attached hydrogens (tertiary/aromatic N) is 2. The lowest BCUT2D eigenvalue weighted by Gasteiger charge is -2.36. The van der Waals surface area contributed by atoms with Crippen LogP contribution in [0.3, 0.4) is 0 Å². The van der Waals surface area contributed by atoms with Gasteiger partial charge in [-0.1, -0.05) is 36.8 Å². The molecule has 1 heterocycles. The summed E-state index contributed by atoms with van der Waals surface area (Å²) in [7, 11) is -2.09. The van der Waals surface area contributed by atoms with E-state index in [4.69, 9.17) is 9.47 Å². The van der Waals surface area contributed by atoms with Gasteiger partial charge < -0.3 is 19.5 Å². The van der Waals surface area contributed by atoms with Crippen LogP contribution in [0.25, 0.3) is 0 Å². The number of ether oxygens (including phenoxy) is 2. The van der Waals surface area contributed by atoms with Gasteiger partial charge in [0.25, 0.3) is 15.9 Å². The number of anilines is 1. The summed E-state index contributed by atoms with van der Waals surface area (Å²) in [4.78, 5) is 18.0. The number of aliphatic hydroxyl groups is 1. The quantitative estimate of drug-likeness (QED) is 0.252. The first kappa shape index (κ1) is 39.1. The number of sulfonamides is 1. The third-order valence-electron chi connectivity index (χ3n) is 8.86. The number of benzene rings is 3. The molecule has 0 unspecified atom stereocenters. The normalized spacial score (nSPS) is 20.5. The summed E-state index contributed by atoms with van der Waals surface area (Å²) in [5, 5.41) is 10.2. The maximum absolute atomic E-state index is 14.4. The Balaban J connectivity index is 1.61. The minimum absolute atomic E-state index is 0.0815. The topological polar surface area (TPSA) is 108 Å². The molecule has 274 valence electrons. The van der Waals surface area contributed by atoms with Crippen molar-refractivity contribution < 1.29 is 41.0 Å². The summed E-state index contributed by atoms with van der Waals surface area (Å²) in [6, 6.07) is 15.5. The van der Waals surface area contributed by atoms with Crippen LogP contribution in [0.2, 0.25) is 0 Å². The van der Waals surface area contributed by atoms with Gasteiger partial charge >= 0.3 is 6.18 Å². The molecule has 3 aromatic carbocycles. The number of likely N-dealkylation sites (N-methyl/N-ethyl adjacent to an activating group) is 1. The van der Waals surface area contributed by atoms with E-state index in [-0.39, 0.29) is 47.4 Å². The van der Waals surface area contributed by atoms with Crippen LogP contribution in [-0.2, 0) is 27.5 Å². The van der Waals surface area contributed by atoms with E-state index in [1.54, 1.807) is 36.1 Å². The lowest BCUT2D eigenvalue weighted by Crippen LogP contribution is -2.47. The van der Waals surface area contributed by atoms with E-state index in [9.17, 15) is 31.5 Å². The van der Waals surface area contributed by atoms with Crippen molar-refractivity contribution in [2.24, 2.45) is 5.92 Å². The molecular weight excluding hydrogens is 671 g/mol. The van der Waals surface area contributed by atoms with Crippen LogP contribution < -0.4 is 9.46 Å². The summed E-state index contributed by atoms with van der Waals surface area (Å²) >= 11 is 0. The molecule has 4 rings (SSSR count). The zero-order chi connectivity index (χ0) is 36.6. The molecule has 1 aliphatic heterocycles. The number of aliphatic hydroxyl groups excluding tert-OH is 1. The summed E-state index contributed by atoms with van der Waals surface area (Å²) in [5.41, 5.74) is 1.27. The molecule has 50 heavy (non-hydrogen) atoms. The van der Waals surface area contributed by atoms with Gasteiger partial charge in [-0.25, -0.2) is 8.42 Å². The Morgan fingerprint density at radius 2 is 1.72 bits per heavy atom. The molecule has 2 N–H and O–H groups in total. The van der Waals surface area contributed by atoms with E-state index in [1.807, 2.05) is 32.7 Å². The number of hydrogen-bond donors (Lipinski definition) is 2. The lowest BCUT2D eigenvalue weighted by atomic mass is 10.0. The summed E-state index contributed by atoms with van der Waals surface area (Å²) in [5.74, 6) is -0.354. The highest BCUT2D eigenvalue weighted by Crippen LogP contribution is 2.31. The van der Waals surface area contributed by atoms with Crippen molar-refractivity contribution in [3.63, 3.8) is 0 Å². The van der Waals surface area contributed by atoms with Gasteiger partial charge in [0.15, 0.2) is 0 Å². The second-order valence-electron chi connectivity index (χ2n) is 13.3. The van der Waals surface area contributed by atoms with Crippen LogP contribution in [-0.4, -0.2) is 80.8 Å². The first-order chi connectivity index (χ1) is 23.6. The van der Waals surface area contributed by atoms with E-state index < -0.39 is 33.7 Å². The van der Waals surface area contributed by atoms with Crippen molar-refractivity contribution in [1.82, 2.24) is 9.80 Å². The van der Waals surface area contributed by atoms with Crippen LogP contribution in [0.5, 0.6) is 5.75 Å². The van der Waals surface area contributed by atoms with E-state index in [0.717, 1.165) is 36.1 Å². The lowest BCUT2D eigenvalue weighted by molar-refractivity contribution is -0.137. The predicted molar refractivity (Wildman–Crippen MR) is 187 cm³/mol. The molecular formula is C37H48F3N3O6S. The van der Waals surface area contributed by atoms with E-state index in [0.29, 0.717) is 31.9 Å². The SMILES string of the molecule is Cc1ccc(S(=O)(=O)Nc2ccc3c(c2)C(=O)N([C@H](C)CO)C[C@H](C)[C@@H](CN(C)Cc2ccc(C(F)(F)F)cc2)OCCCC[C@@H](C)O3)cc1. The van der Waals surface area contributed by atoms with Crippen molar-refractivity contribution >= 4 is 21.6 Å². The molecule has 0 aromatic heterocycles. The van der Waals surface area contributed by atoms with Gasteiger partial charge in [0.05, 0.1) is 40.9 Å². The average Bonchev–Trinajstić information content (AvgIpc) is 3.06. The monoisotopic (exact) mass is 719 g/mol. The molecule has 0 aliphatic carbocycles. The minimum atomic E-state index is -4.41. The van der Waals surface area contributed by atoms with Crippen molar-refractivity contribution in [3.05, 3.63) is 89.0 Å². The van der Waals surface area contributed by atoms with Crippen molar-refractivity contribution in [2.75, 3.05) is 38.1 Å². The predicted octanol–water partition coefficient (Wildman–Crippen LogP) is 6.74. The highest BCUT2D eigenvalue weighted by Gasteiger charge is 2.32. The molecule has 0 saturated heterocycles. The van der Waals surface area contributed by atoms with Gasteiger partial charge in [0, 0.05) is 37.8 Å². The fourth-order valence-corrected chi connectivity index (χ4v) is 6.91. The molecule has 13 heteroatoms. The largest absolute Gasteiger partial charge is 0.490 e. The van der Waals surface area contributed by atoms with Gasteiger partial charge in [-0.05, 0) is 95.1 Å². The molecule has 3 aromatic rings. The summed E-state index contributed by atoms with van der Waals surface area (Å²) in [6.07, 6.45) is -2.76. The second kappa shape index (κ2) is 17.0. The van der Waals surface area contributed by atoms with Gasteiger partial charge in [-0.15, -0.1) is 0 Å². The highest BCUT2D eigenvalue weighted by molar-refractivity contribution is 7.92. The molecule has 0 spiro atoms. The maximum Gasteiger partial charge on any atom is 0.416 e. The molecule has 0 saturated carbocycles. The third-order valence-corrected chi connectivity index (χ3v) is 10.3. The number of nitrogens with one attached hydrogen (secondary N) is 1. The molecule has 0 bridgehead atoms. The average molecular weight is 720 g/mol. The first-order valence-electron chi connectivity index (χ1n) is 16.9. The van der Waals surface area contributed by atoms with E-state index in [2.05, 4.69) is 4.72 Å². The van der Waals surface area contributed by atoms with Crippen LogP contribution in [0.15, 0.2) is 71.6 Å². The summed E-state index contributed by atoms with van der Waals surface area (Å²) < 4.78 is 80.9. The van der Waals surface area contributed by atoms with E-state index >= 15 is 0 Å². The number of carbonyl (C=O) groups excluding carboxylic acids is 1. The Labute approximate surface area is 293 Å². The Morgan fingerprint density at radius 3 is 2.36 bits per heavy atom. The zero-order valence-corrected chi connectivity index (χ0v) is 30.1. The maximum atomic E-state index is 14.4. The van der Waals surface area contributed by atoms with Crippen molar-refractivity contribution in [1.29, 1.82) is 0 Å². The zero-order valence-electron chi connectivity index (χ0n) is 29.2. The number of rotatable bonds is 9. The first-order valence-corrected chi connectivity index (χ1v) is 18.3. The standard InChI is InChI=1S/C37H48F3N3O6S/c1-25-9-16-32(17-10-25)50(46,47)41-31-15-18-34-33(20-31)36(45)43(27(3)24-44)21-26(2)35(48-19-7-6-8-28(4)49-34)23-42(5)22-29-11-13-30(14-12-29)37(38,39)40/h9-18,20,26-28,35,41,44H,6-8,19,21-24H2,1-5H3/t26-,27+,28+,35+/m0/s1. The van der Waals surface area contributed by atoms with Crippen LogP contribution in [0.1, 0.15) is 67.1 Å². The Kier molecular flexibility index (Phi) is 13.3. The number of aryl methyl sites for hydroxylation is 1. The fraction of sp³-hybridized carbons (Fsp3) is 0.486. The number of hydrogen-bond acceptors (Lipinski definition) is 7. The number of halogens is 3. The van der Waals surface area contributed by atoms with Crippen LogP contribution in [0.4, 0.5) is 18.9 Å². The smallest absolute Gasteiger partial charge is 0.416 e. The number of amides is 1. The third kappa shape index (κ3) is 10.7. The second-order valence-corrected chi connectivity index (χ2v) is 15.0. The molecule has 1 aliphatic rings.